The lowest BCUT2D eigenvalue weighted by molar-refractivity contribution is 0.257. The van der Waals surface area contributed by atoms with Crippen molar-refractivity contribution in [3.8, 4) is 0 Å². The number of benzene rings is 1. The maximum Gasteiger partial charge on any atom is 0.330 e. The molecule has 24 heavy (non-hydrogen) atoms. The van der Waals surface area contributed by atoms with E-state index in [4.69, 9.17) is 0 Å². The predicted octanol–water partition coefficient (Wildman–Crippen LogP) is 2.64. The first-order valence-corrected chi connectivity index (χ1v) is 9.86. The zero-order valence-electron chi connectivity index (χ0n) is 14.3. The topological polar surface area (TPSA) is 56.4 Å². The van der Waals surface area contributed by atoms with E-state index in [1.165, 1.54) is 47.2 Å². The van der Waals surface area contributed by atoms with Gasteiger partial charge in [-0.25, -0.2) is 9.52 Å². The van der Waals surface area contributed by atoms with Crippen LogP contribution in [-0.4, -0.2) is 37.1 Å². The second-order valence-corrected chi connectivity index (χ2v) is 7.90. The quantitative estimate of drug-likeness (QED) is 0.734. The fourth-order valence-corrected chi connectivity index (χ4v) is 4.86. The summed E-state index contributed by atoms with van der Waals surface area (Å²) in [6.45, 7) is 2.16. The highest BCUT2D eigenvalue weighted by Crippen LogP contribution is 2.38. The molecule has 3 aliphatic rings. The second kappa shape index (κ2) is 6.94. The summed E-state index contributed by atoms with van der Waals surface area (Å²) in [4.78, 5) is 14.7. The average Bonchev–Trinajstić information content (AvgIpc) is 3.27. The van der Waals surface area contributed by atoms with Crippen LogP contribution >= 0.6 is 12.1 Å². The molecule has 5 nitrogen and oxygen atoms in total. The van der Waals surface area contributed by atoms with Crippen molar-refractivity contribution in [2.24, 2.45) is 0 Å². The number of likely N-dealkylation sites (tertiary alicyclic amines) is 1. The van der Waals surface area contributed by atoms with Crippen molar-refractivity contribution in [2.45, 2.75) is 51.0 Å². The number of amides is 2. The number of likely N-dealkylation sites (N-methyl/N-ethyl adjacent to an activating group) is 1. The van der Waals surface area contributed by atoms with Crippen LogP contribution in [0.2, 0.25) is 0 Å². The standard InChI is InChI=1S/C18H26N4OS/c1-22-9-8-14(11-22)20-24-21-18(23)19-17-15-6-2-4-12(15)10-13-5-3-7-16(13)17/h10,14,20H,2-9,11H2,1H3,(H2,19,21,23). The minimum atomic E-state index is -0.117. The van der Waals surface area contributed by atoms with Crippen LogP contribution in [0.25, 0.3) is 0 Å². The van der Waals surface area contributed by atoms with E-state index in [0.717, 1.165) is 50.9 Å². The van der Waals surface area contributed by atoms with E-state index in [2.05, 4.69) is 32.8 Å². The molecule has 1 heterocycles. The molecule has 1 saturated heterocycles. The number of carbonyl (C=O) groups excluding carboxylic acids is 1. The fraction of sp³-hybridized carbons (Fsp3) is 0.611. The molecule has 1 aliphatic heterocycles. The van der Waals surface area contributed by atoms with Gasteiger partial charge in [0.1, 0.15) is 0 Å². The van der Waals surface area contributed by atoms with Gasteiger partial charge in [-0.05, 0) is 80.8 Å². The number of fused-ring (bicyclic) bond motifs is 2. The summed E-state index contributed by atoms with van der Waals surface area (Å²) < 4.78 is 6.23. The van der Waals surface area contributed by atoms with E-state index in [-0.39, 0.29) is 6.03 Å². The Morgan fingerprint density at radius 3 is 2.50 bits per heavy atom. The van der Waals surface area contributed by atoms with Crippen LogP contribution < -0.4 is 14.8 Å². The molecule has 2 aliphatic carbocycles. The van der Waals surface area contributed by atoms with Gasteiger partial charge in [0.25, 0.3) is 0 Å². The number of nitrogens with one attached hydrogen (secondary N) is 3. The highest BCUT2D eigenvalue weighted by molar-refractivity contribution is 7.96. The van der Waals surface area contributed by atoms with E-state index in [0.29, 0.717) is 6.04 Å². The summed E-state index contributed by atoms with van der Waals surface area (Å²) in [6.07, 6.45) is 8.05. The van der Waals surface area contributed by atoms with Gasteiger partial charge in [0.2, 0.25) is 0 Å². The molecule has 0 spiro atoms. The SMILES string of the molecule is CN1CCC(NSNC(=O)Nc2c3c(cc4c2CCC4)CCC3)C1. The third-order valence-electron chi connectivity index (χ3n) is 5.47. The van der Waals surface area contributed by atoms with Crippen molar-refractivity contribution < 1.29 is 4.79 Å². The molecule has 1 aromatic carbocycles. The van der Waals surface area contributed by atoms with Crippen molar-refractivity contribution in [3.63, 3.8) is 0 Å². The smallest absolute Gasteiger partial charge is 0.307 e. The van der Waals surface area contributed by atoms with Gasteiger partial charge in [0.05, 0.1) is 0 Å². The molecule has 6 heteroatoms. The number of aryl methyl sites for hydroxylation is 2. The lowest BCUT2D eigenvalue weighted by atomic mass is 9.99. The molecular formula is C18H26N4OS. The third-order valence-corrected chi connectivity index (χ3v) is 6.21. The highest BCUT2D eigenvalue weighted by atomic mass is 32.2. The van der Waals surface area contributed by atoms with Gasteiger partial charge in [-0.1, -0.05) is 6.07 Å². The van der Waals surface area contributed by atoms with Crippen molar-refractivity contribution in [1.82, 2.24) is 14.3 Å². The van der Waals surface area contributed by atoms with Gasteiger partial charge in [0.15, 0.2) is 0 Å². The lowest BCUT2D eigenvalue weighted by Crippen LogP contribution is -2.32. The maximum atomic E-state index is 12.4. The monoisotopic (exact) mass is 346 g/mol. The van der Waals surface area contributed by atoms with Gasteiger partial charge in [0, 0.05) is 30.4 Å². The lowest BCUT2D eigenvalue weighted by Gasteiger charge is -2.17. The Kier molecular flexibility index (Phi) is 4.70. The van der Waals surface area contributed by atoms with Crippen LogP contribution in [0.1, 0.15) is 41.5 Å². The largest absolute Gasteiger partial charge is 0.330 e. The first-order chi connectivity index (χ1) is 11.7. The minimum absolute atomic E-state index is 0.117. The molecule has 1 unspecified atom stereocenters. The van der Waals surface area contributed by atoms with E-state index in [9.17, 15) is 4.79 Å². The molecule has 0 saturated carbocycles. The summed E-state index contributed by atoms with van der Waals surface area (Å²) >= 11 is 1.31. The van der Waals surface area contributed by atoms with Crippen LogP contribution in [0.4, 0.5) is 10.5 Å². The normalized spacial score (nSPS) is 22.5. The Labute approximate surface area is 148 Å². The summed E-state index contributed by atoms with van der Waals surface area (Å²) in [5.74, 6) is 0. The van der Waals surface area contributed by atoms with Crippen LogP contribution in [0, 0.1) is 0 Å². The summed E-state index contributed by atoms with van der Waals surface area (Å²) in [6, 6.07) is 2.72. The van der Waals surface area contributed by atoms with Gasteiger partial charge >= 0.3 is 6.03 Å². The number of anilines is 1. The summed E-state index contributed by atoms with van der Waals surface area (Å²) in [5.41, 5.74) is 6.76. The van der Waals surface area contributed by atoms with E-state index in [1.54, 1.807) is 0 Å². The van der Waals surface area contributed by atoms with E-state index >= 15 is 0 Å². The molecule has 1 atom stereocenters. The molecule has 2 amide bonds. The summed E-state index contributed by atoms with van der Waals surface area (Å²) in [7, 11) is 2.13. The molecule has 0 bridgehead atoms. The van der Waals surface area contributed by atoms with Crippen LogP contribution in [0.15, 0.2) is 6.07 Å². The van der Waals surface area contributed by atoms with Crippen molar-refractivity contribution >= 4 is 23.9 Å². The van der Waals surface area contributed by atoms with E-state index in [1.807, 2.05) is 0 Å². The van der Waals surface area contributed by atoms with Crippen LogP contribution in [-0.2, 0) is 25.7 Å². The van der Waals surface area contributed by atoms with Crippen molar-refractivity contribution in [2.75, 3.05) is 25.5 Å². The zero-order valence-corrected chi connectivity index (χ0v) is 15.1. The molecule has 1 aromatic rings. The molecule has 130 valence electrons. The van der Waals surface area contributed by atoms with Crippen LogP contribution in [0.3, 0.4) is 0 Å². The Bertz CT molecular complexity index is 616. The Hall–Kier alpha value is -1.24. The first-order valence-electron chi connectivity index (χ1n) is 9.04. The maximum absolute atomic E-state index is 12.4. The number of rotatable bonds is 4. The minimum Gasteiger partial charge on any atom is -0.307 e. The van der Waals surface area contributed by atoms with Crippen molar-refractivity contribution in [3.05, 3.63) is 28.3 Å². The Morgan fingerprint density at radius 1 is 1.17 bits per heavy atom. The molecule has 1 fully saturated rings. The fourth-order valence-electron chi connectivity index (χ4n) is 4.30. The average molecular weight is 347 g/mol. The van der Waals surface area contributed by atoms with Crippen LogP contribution in [0.5, 0.6) is 0 Å². The molecule has 3 N–H and O–H groups in total. The second-order valence-electron chi connectivity index (χ2n) is 7.26. The zero-order chi connectivity index (χ0) is 16.5. The number of nitrogens with zero attached hydrogens (tertiary/aromatic N) is 1. The van der Waals surface area contributed by atoms with Gasteiger partial charge in [-0.15, -0.1) is 0 Å². The number of hydrogen-bond acceptors (Lipinski definition) is 4. The number of carbonyl (C=O) groups is 1. The number of urea groups is 1. The number of hydrogen-bond donors (Lipinski definition) is 3. The highest BCUT2D eigenvalue weighted by Gasteiger charge is 2.25. The summed E-state index contributed by atoms with van der Waals surface area (Å²) in [5, 5.41) is 3.16. The van der Waals surface area contributed by atoms with Gasteiger partial charge in [-0.3, -0.25) is 4.72 Å². The van der Waals surface area contributed by atoms with E-state index < -0.39 is 0 Å². The third kappa shape index (κ3) is 3.27. The molecule has 4 rings (SSSR count). The predicted molar refractivity (Wildman–Crippen MR) is 99.3 cm³/mol. The van der Waals surface area contributed by atoms with Gasteiger partial charge in [-0.2, -0.15) is 0 Å². The van der Waals surface area contributed by atoms with Crippen molar-refractivity contribution in [1.29, 1.82) is 0 Å². The Morgan fingerprint density at radius 2 is 1.88 bits per heavy atom. The first kappa shape index (κ1) is 16.2. The molecular weight excluding hydrogens is 320 g/mol. The Balaban J connectivity index is 1.38. The van der Waals surface area contributed by atoms with Gasteiger partial charge < -0.3 is 10.2 Å². The molecule has 0 radical (unpaired) electrons. The molecule has 0 aromatic heterocycles.